The number of hydrogen-bond donors (Lipinski definition) is 1. The molecule has 1 aliphatic rings. The van der Waals surface area contributed by atoms with Crippen LogP contribution in [0.3, 0.4) is 0 Å². The van der Waals surface area contributed by atoms with Gasteiger partial charge in [0, 0.05) is 27.9 Å². The summed E-state index contributed by atoms with van der Waals surface area (Å²) in [6, 6.07) is 5.45. The maximum absolute atomic E-state index is 11.8. The number of nitrogens with one attached hydrogen (secondary N) is 1. The minimum absolute atomic E-state index is 0.0178. The molecule has 3 unspecified atom stereocenters. The summed E-state index contributed by atoms with van der Waals surface area (Å²) >= 11 is 12.6. The van der Waals surface area contributed by atoms with Crippen molar-refractivity contribution >= 4 is 33.0 Å². The van der Waals surface area contributed by atoms with Gasteiger partial charge in [-0.1, -0.05) is 35.7 Å². The Morgan fingerprint density at radius 3 is 2.38 bits per heavy atom. The lowest BCUT2D eigenvalue weighted by atomic mass is 9.81. The highest BCUT2D eigenvalue weighted by atomic mass is 35.5. The van der Waals surface area contributed by atoms with E-state index < -0.39 is 9.84 Å². The van der Waals surface area contributed by atoms with E-state index in [1.54, 1.807) is 0 Å². The molecule has 1 fully saturated rings. The Morgan fingerprint density at radius 1 is 1.24 bits per heavy atom. The normalized spacial score (nSPS) is 24.8. The predicted octanol–water partition coefficient (Wildman–Crippen LogP) is 3.86. The number of hydrogen-bond acceptors (Lipinski definition) is 3. The summed E-state index contributed by atoms with van der Waals surface area (Å²) < 4.78 is 23.7. The molecule has 6 heteroatoms. The van der Waals surface area contributed by atoms with E-state index in [4.69, 9.17) is 23.2 Å². The first kappa shape index (κ1) is 17.1. The van der Waals surface area contributed by atoms with Gasteiger partial charge in [0.1, 0.15) is 9.84 Å². The highest BCUT2D eigenvalue weighted by molar-refractivity contribution is 7.91. The second-order valence-electron chi connectivity index (χ2n) is 5.78. The molecule has 1 saturated carbocycles. The molecule has 118 valence electrons. The third kappa shape index (κ3) is 3.92. The number of halogens is 2. The summed E-state index contributed by atoms with van der Waals surface area (Å²) in [7, 11) is -1.13. The first-order valence-corrected chi connectivity index (χ1v) is 9.85. The fourth-order valence-corrected chi connectivity index (χ4v) is 5.12. The van der Waals surface area contributed by atoms with Crippen molar-refractivity contribution < 1.29 is 8.42 Å². The number of sulfone groups is 1. The second-order valence-corrected chi connectivity index (χ2v) is 8.92. The van der Waals surface area contributed by atoms with Gasteiger partial charge in [-0.2, -0.15) is 0 Å². The summed E-state index contributed by atoms with van der Waals surface area (Å²) in [4.78, 5) is 0. The molecule has 21 heavy (non-hydrogen) atoms. The molecule has 0 radical (unpaired) electrons. The lowest BCUT2D eigenvalue weighted by Crippen LogP contribution is -2.34. The maximum Gasteiger partial charge on any atom is 0.150 e. The topological polar surface area (TPSA) is 46.2 Å². The smallest absolute Gasteiger partial charge is 0.150 e. The van der Waals surface area contributed by atoms with Crippen molar-refractivity contribution in [2.24, 2.45) is 5.92 Å². The van der Waals surface area contributed by atoms with E-state index in [2.05, 4.69) is 5.32 Å². The van der Waals surface area contributed by atoms with E-state index in [1.165, 1.54) is 6.26 Å². The molecule has 0 aliphatic heterocycles. The molecular weight excluding hydrogens is 329 g/mol. The Morgan fingerprint density at radius 2 is 1.86 bits per heavy atom. The van der Waals surface area contributed by atoms with Crippen LogP contribution in [0.1, 0.15) is 37.3 Å². The number of rotatable bonds is 4. The van der Waals surface area contributed by atoms with Gasteiger partial charge in [0.15, 0.2) is 0 Å². The maximum atomic E-state index is 11.8. The van der Waals surface area contributed by atoms with E-state index in [1.807, 2.05) is 25.2 Å². The van der Waals surface area contributed by atoms with E-state index in [-0.39, 0.29) is 17.2 Å². The zero-order chi connectivity index (χ0) is 15.6. The molecule has 0 spiro atoms. The molecule has 1 N–H and O–H groups in total. The molecule has 1 aliphatic carbocycles. The zero-order valence-corrected chi connectivity index (χ0v) is 14.6. The van der Waals surface area contributed by atoms with Gasteiger partial charge < -0.3 is 5.32 Å². The Labute approximate surface area is 136 Å². The zero-order valence-electron chi connectivity index (χ0n) is 12.3. The SMILES string of the molecule is CNC(c1c(Cl)cccc1Cl)C1CCCC(S(C)(=O)=O)C1. The number of benzene rings is 1. The van der Waals surface area contributed by atoms with Gasteiger partial charge in [-0.3, -0.25) is 0 Å². The van der Waals surface area contributed by atoms with Gasteiger partial charge in [-0.05, 0) is 44.4 Å². The van der Waals surface area contributed by atoms with Crippen molar-refractivity contribution in [3.05, 3.63) is 33.8 Å². The summed E-state index contributed by atoms with van der Waals surface area (Å²) in [5.74, 6) is 0.223. The van der Waals surface area contributed by atoms with Crippen molar-refractivity contribution in [1.82, 2.24) is 5.32 Å². The standard InChI is InChI=1S/C15H21Cl2NO2S/c1-18-15(14-12(16)7-4-8-13(14)17)10-5-3-6-11(9-10)21(2,19)20/h4,7-8,10-11,15,18H,3,5-6,9H2,1-2H3. The fraction of sp³-hybridized carbons (Fsp3) is 0.600. The van der Waals surface area contributed by atoms with E-state index in [0.717, 1.165) is 24.8 Å². The quantitative estimate of drug-likeness (QED) is 0.897. The molecule has 0 saturated heterocycles. The van der Waals surface area contributed by atoms with Gasteiger partial charge in [0.2, 0.25) is 0 Å². The van der Waals surface area contributed by atoms with Crippen LogP contribution >= 0.6 is 23.2 Å². The molecule has 0 heterocycles. The van der Waals surface area contributed by atoms with Crippen LogP contribution in [0.25, 0.3) is 0 Å². The van der Waals surface area contributed by atoms with E-state index in [0.29, 0.717) is 16.5 Å². The van der Waals surface area contributed by atoms with Gasteiger partial charge in [-0.25, -0.2) is 8.42 Å². The molecule has 2 rings (SSSR count). The highest BCUT2D eigenvalue weighted by Crippen LogP contribution is 2.41. The van der Waals surface area contributed by atoms with E-state index >= 15 is 0 Å². The molecule has 1 aromatic carbocycles. The van der Waals surface area contributed by atoms with Crippen LogP contribution in [0.5, 0.6) is 0 Å². The largest absolute Gasteiger partial charge is 0.313 e. The minimum atomic E-state index is -3.00. The molecular formula is C15H21Cl2NO2S. The predicted molar refractivity (Wildman–Crippen MR) is 88.9 cm³/mol. The van der Waals surface area contributed by atoms with Crippen LogP contribution < -0.4 is 5.32 Å². The third-order valence-corrected chi connectivity index (χ3v) is 6.66. The van der Waals surface area contributed by atoms with Gasteiger partial charge in [-0.15, -0.1) is 0 Å². The second kappa shape index (κ2) is 6.86. The van der Waals surface area contributed by atoms with Crippen molar-refractivity contribution in [2.75, 3.05) is 13.3 Å². The van der Waals surface area contributed by atoms with Crippen LogP contribution in [0.4, 0.5) is 0 Å². The third-order valence-electron chi connectivity index (χ3n) is 4.37. The lowest BCUT2D eigenvalue weighted by molar-refractivity contribution is 0.283. The fourth-order valence-electron chi connectivity index (χ4n) is 3.30. The Bertz CT molecular complexity index is 583. The first-order valence-electron chi connectivity index (χ1n) is 7.14. The van der Waals surface area contributed by atoms with Gasteiger partial charge >= 0.3 is 0 Å². The molecule has 1 aromatic rings. The Hall–Kier alpha value is -0.290. The average molecular weight is 350 g/mol. The summed E-state index contributed by atoms with van der Waals surface area (Å²) in [5, 5.41) is 4.28. The van der Waals surface area contributed by atoms with Gasteiger partial charge in [0.05, 0.1) is 5.25 Å². The van der Waals surface area contributed by atoms with Crippen LogP contribution in [0.15, 0.2) is 18.2 Å². The first-order chi connectivity index (χ1) is 9.84. The minimum Gasteiger partial charge on any atom is -0.313 e. The van der Waals surface area contributed by atoms with Crippen LogP contribution in [0.2, 0.25) is 10.0 Å². The van der Waals surface area contributed by atoms with Crippen molar-refractivity contribution in [3.63, 3.8) is 0 Å². The van der Waals surface area contributed by atoms with Crippen molar-refractivity contribution in [1.29, 1.82) is 0 Å². The summed E-state index contributed by atoms with van der Waals surface area (Å²) in [5.41, 5.74) is 0.877. The molecule has 0 aromatic heterocycles. The average Bonchev–Trinajstić information content (AvgIpc) is 2.42. The molecule has 0 bridgehead atoms. The Balaban J connectivity index is 2.29. The van der Waals surface area contributed by atoms with Crippen molar-refractivity contribution in [3.8, 4) is 0 Å². The van der Waals surface area contributed by atoms with Crippen molar-refractivity contribution in [2.45, 2.75) is 37.0 Å². The van der Waals surface area contributed by atoms with Crippen LogP contribution in [0, 0.1) is 5.92 Å². The summed E-state index contributed by atoms with van der Waals surface area (Å²) in [6.07, 6.45) is 4.65. The highest BCUT2D eigenvalue weighted by Gasteiger charge is 2.34. The monoisotopic (exact) mass is 349 g/mol. The summed E-state index contributed by atoms with van der Waals surface area (Å²) in [6.45, 7) is 0. The van der Waals surface area contributed by atoms with Gasteiger partial charge in [0.25, 0.3) is 0 Å². The Kier molecular flexibility index (Phi) is 5.58. The molecule has 3 atom stereocenters. The van der Waals surface area contributed by atoms with Crippen LogP contribution in [-0.2, 0) is 9.84 Å². The van der Waals surface area contributed by atoms with Crippen LogP contribution in [-0.4, -0.2) is 27.0 Å². The molecule has 0 amide bonds. The lowest BCUT2D eigenvalue weighted by Gasteiger charge is -2.34. The van der Waals surface area contributed by atoms with E-state index in [9.17, 15) is 8.42 Å². The molecule has 3 nitrogen and oxygen atoms in total.